The van der Waals surface area contributed by atoms with E-state index in [2.05, 4.69) is 0 Å². The molecule has 0 radical (unpaired) electrons. The molecule has 5 heteroatoms. The minimum atomic E-state index is -3.11. The van der Waals surface area contributed by atoms with Crippen molar-refractivity contribution in [1.82, 2.24) is 0 Å². The van der Waals surface area contributed by atoms with Crippen LogP contribution in [-0.2, 0) is 14.6 Å². The maximum absolute atomic E-state index is 11.2. The molecular formula is C10H15NO3S. The average Bonchev–Trinajstić information content (AvgIpc) is 2.17. The number of sulfone groups is 1. The minimum Gasteiger partial charge on any atom is -0.364 e. The zero-order valence-electron chi connectivity index (χ0n) is 9.10. The van der Waals surface area contributed by atoms with Crippen molar-refractivity contribution in [3.8, 4) is 0 Å². The lowest BCUT2D eigenvalue weighted by molar-refractivity contribution is 0.202. The Balaban J connectivity index is 2.90. The van der Waals surface area contributed by atoms with Gasteiger partial charge in [-0.15, -0.1) is 0 Å². The molecule has 1 aromatic carbocycles. The summed E-state index contributed by atoms with van der Waals surface area (Å²) < 4.78 is 27.4. The van der Waals surface area contributed by atoms with Gasteiger partial charge >= 0.3 is 0 Å². The highest BCUT2D eigenvalue weighted by Crippen LogP contribution is 2.16. The maximum atomic E-state index is 11.2. The third kappa shape index (κ3) is 3.21. The van der Waals surface area contributed by atoms with Gasteiger partial charge in [-0.25, -0.2) is 8.42 Å². The number of anilines is 1. The number of nitrogens with zero attached hydrogens (tertiary/aromatic N) is 1. The lowest BCUT2D eigenvalue weighted by atomic mass is 10.3. The van der Waals surface area contributed by atoms with Crippen LogP contribution in [0.1, 0.15) is 0 Å². The first-order valence-corrected chi connectivity index (χ1v) is 6.34. The molecule has 0 spiro atoms. The van der Waals surface area contributed by atoms with E-state index in [-0.39, 0.29) is 0 Å². The van der Waals surface area contributed by atoms with Gasteiger partial charge in [-0.2, -0.15) is 0 Å². The molecule has 0 fully saturated rings. The molecule has 1 aromatic rings. The van der Waals surface area contributed by atoms with Crippen LogP contribution in [0.25, 0.3) is 0 Å². The summed E-state index contributed by atoms with van der Waals surface area (Å²) in [5.74, 6) is 0. The summed E-state index contributed by atoms with van der Waals surface area (Å²) >= 11 is 0. The largest absolute Gasteiger partial charge is 0.364 e. The fourth-order valence-electron chi connectivity index (χ4n) is 1.22. The van der Waals surface area contributed by atoms with Crippen LogP contribution < -0.4 is 4.90 Å². The Morgan fingerprint density at radius 1 is 1.27 bits per heavy atom. The molecular weight excluding hydrogens is 214 g/mol. The topological polar surface area (TPSA) is 46.6 Å². The summed E-state index contributed by atoms with van der Waals surface area (Å²) in [6, 6.07) is 6.71. The standard InChI is InChI=1S/C10H15NO3S/c1-11(8-14-2)9-4-6-10(7-5-9)15(3,12)13/h4-7H,8H2,1-3H3. The number of benzene rings is 1. The van der Waals surface area contributed by atoms with Crippen molar-refractivity contribution in [3.05, 3.63) is 24.3 Å². The maximum Gasteiger partial charge on any atom is 0.175 e. The Morgan fingerprint density at radius 3 is 2.20 bits per heavy atom. The van der Waals surface area contributed by atoms with Crippen molar-refractivity contribution in [2.24, 2.45) is 0 Å². The van der Waals surface area contributed by atoms with Crippen LogP contribution in [0.15, 0.2) is 29.2 Å². The number of hydrogen-bond donors (Lipinski definition) is 0. The normalized spacial score (nSPS) is 11.4. The second-order valence-electron chi connectivity index (χ2n) is 3.38. The van der Waals surface area contributed by atoms with Crippen LogP contribution in [0.3, 0.4) is 0 Å². The van der Waals surface area contributed by atoms with Crippen molar-refractivity contribution in [2.45, 2.75) is 4.90 Å². The van der Waals surface area contributed by atoms with Gasteiger partial charge in [0.25, 0.3) is 0 Å². The molecule has 4 nitrogen and oxygen atoms in total. The predicted octanol–water partition coefficient (Wildman–Crippen LogP) is 1.13. The first kappa shape index (κ1) is 12.0. The van der Waals surface area contributed by atoms with Gasteiger partial charge in [0, 0.05) is 26.1 Å². The van der Waals surface area contributed by atoms with E-state index in [9.17, 15) is 8.42 Å². The van der Waals surface area contributed by atoms with Crippen molar-refractivity contribution in [2.75, 3.05) is 32.0 Å². The molecule has 0 heterocycles. The van der Waals surface area contributed by atoms with E-state index in [1.54, 1.807) is 31.4 Å². The van der Waals surface area contributed by atoms with Gasteiger partial charge in [0.1, 0.15) is 6.73 Å². The van der Waals surface area contributed by atoms with Gasteiger partial charge in [-0.1, -0.05) is 0 Å². The molecule has 0 saturated heterocycles. The highest BCUT2D eigenvalue weighted by atomic mass is 32.2. The smallest absolute Gasteiger partial charge is 0.175 e. The Kier molecular flexibility index (Phi) is 3.71. The molecule has 0 atom stereocenters. The zero-order valence-corrected chi connectivity index (χ0v) is 9.91. The van der Waals surface area contributed by atoms with Crippen molar-refractivity contribution in [1.29, 1.82) is 0 Å². The van der Waals surface area contributed by atoms with E-state index < -0.39 is 9.84 Å². The zero-order chi connectivity index (χ0) is 11.5. The lowest BCUT2D eigenvalue weighted by Crippen LogP contribution is -2.19. The monoisotopic (exact) mass is 229 g/mol. The van der Waals surface area contributed by atoms with Gasteiger partial charge in [0.15, 0.2) is 9.84 Å². The molecule has 15 heavy (non-hydrogen) atoms. The number of methoxy groups -OCH3 is 1. The quantitative estimate of drug-likeness (QED) is 0.726. The number of hydrogen-bond acceptors (Lipinski definition) is 4. The van der Waals surface area contributed by atoms with E-state index in [1.165, 1.54) is 6.26 Å². The molecule has 0 saturated carbocycles. The van der Waals surface area contributed by atoms with Crippen LogP contribution in [-0.4, -0.2) is 35.6 Å². The van der Waals surface area contributed by atoms with Crippen molar-refractivity contribution < 1.29 is 13.2 Å². The summed E-state index contributed by atoms with van der Waals surface area (Å²) in [7, 11) is 0.379. The van der Waals surface area contributed by atoms with E-state index in [0.717, 1.165) is 5.69 Å². The lowest BCUT2D eigenvalue weighted by Gasteiger charge is -2.17. The van der Waals surface area contributed by atoms with Crippen molar-refractivity contribution >= 4 is 15.5 Å². The summed E-state index contributed by atoms with van der Waals surface area (Å²) in [5.41, 5.74) is 0.921. The van der Waals surface area contributed by atoms with E-state index >= 15 is 0 Å². The summed E-state index contributed by atoms with van der Waals surface area (Å²) in [6.45, 7) is 0.470. The summed E-state index contributed by atoms with van der Waals surface area (Å²) in [6.07, 6.45) is 1.20. The Hall–Kier alpha value is -1.07. The van der Waals surface area contributed by atoms with E-state index in [1.807, 2.05) is 11.9 Å². The first-order chi connectivity index (χ1) is 6.95. The number of rotatable bonds is 4. The molecule has 0 aliphatic carbocycles. The van der Waals surface area contributed by atoms with Crippen LogP contribution in [0.2, 0.25) is 0 Å². The number of ether oxygens (including phenoxy) is 1. The summed E-state index contributed by atoms with van der Waals surface area (Å²) in [5, 5.41) is 0. The van der Waals surface area contributed by atoms with Gasteiger partial charge in [0.05, 0.1) is 4.90 Å². The average molecular weight is 229 g/mol. The summed E-state index contributed by atoms with van der Waals surface area (Å²) in [4.78, 5) is 2.21. The van der Waals surface area contributed by atoms with Gasteiger partial charge < -0.3 is 9.64 Å². The van der Waals surface area contributed by atoms with Crippen LogP contribution in [0.4, 0.5) is 5.69 Å². The van der Waals surface area contributed by atoms with Gasteiger partial charge in [-0.05, 0) is 24.3 Å². The Bertz CT molecular complexity index is 411. The molecule has 0 aliphatic rings. The second-order valence-corrected chi connectivity index (χ2v) is 5.40. The SMILES string of the molecule is COCN(C)c1ccc(S(C)(=O)=O)cc1. The molecule has 1 rings (SSSR count). The first-order valence-electron chi connectivity index (χ1n) is 4.45. The van der Waals surface area contributed by atoms with E-state index in [0.29, 0.717) is 11.6 Å². The third-order valence-electron chi connectivity index (χ3n) is 2.03. The Morgan fingerprint density at radius 2 is 1.80 bits per heavy atom. The molecule has 0 N–H and O–H groups in total. The third-order valence-corrected chi connectivity index (χ3v) is 3.16. The molecule has 0 unspecified atom stereocenters. The van der Waals surface area contributed by atoms with E-state index in [4.69, 9.17) is 4.74 Å². The van der Waals surface area contributed by atoms with Crippen molar-refractivity contribution in [3.63, 3.8) is 0 Å². The second kappa shape index (κ2) is 4.63. The minimum absolute atomic E-state index is 0.331. The Labute approximate surface area is 90.4 Å². The van der Waals surface area contributed by atoms with Gasteiger partial charge in [0.2, 0.25) is 0 Å². The molecule has 0 aromatic heterocycles. The fraction of sp³-hybridized carbons (Fsp3) is 0.400. The highest BCUT2D eigenvalue weighted by molar-refractivity contribution is 7.90. The van der Waals surface area contributed by atoms with Crippen LogP contribution >= 0.6 is 0 Å². The fourth-order valence-corrected chi connectivity index (χ4v) is 1.85. The molecule has 0 aliphatic heterocycles. The highest BCUT2D eigenvalue weighted by Gasteiger charge is 2.07. The molecule has 0 amide bonds. The van der Waals surface area contributed by atoms with Gasteiger partial charge in [-0.3, -0.25) is 0 Å². The van der Waals surface area contributed by atoms with Crippen LogP contribution in [0.5, 0.6) is 0 Å². The predicted molar refractivity (Wildman–Crippen MR) is 59.8 cm³/mol. The molecule has 84 valence electrons. The van der Waals surface area contributed by atoms with Crippen LogP contribution in [0, 0.1) is 0 Å². The molecule has 0 bridgehead atoms.